The summed E-state index contributed by atoms with van der Waals surface area (Å²) in [5, 5.41) is 8.29. The van der Waals surface area contributed by atoms with E-state index in [4.69, 9.17) is 21.4 Å². The number of hydrogen-bond donors (Lipinski definition) is 1. The summed E-state index contributed by atoms with van der Waals surface area (Å²) in [6.45, 7) is -0.144. The topological polar surface area (TPSA) is 46.5 Å². The van der Waals surface area contributed by atoms with Gasteiger partial charge >= 0.3 is 0 Å². The summed E-state index contributed by atoms with van der Waals surface area (Å²) >= 11 is 5.28. The second-order valence-electron chi connectivity index (χ2n) is 2.50. The van der Waals surface area contributed by atoms with Gasteiger partial charge in [-0.05, 0) is 35.4 Å². The molecule has 0 atom stereocenters. The molecule has 0 fully saturated rings. The molecule has 0 aliphatic heterocycles. The molecule has 1 aromatic carbocycles. The minimum Gasteiger partial charge on any atom is -0.497 e. The Morgan fingerprint density at radius 1 is 1.54 bits per heavy atom. The van der Waals surface area contributed by atoms with Crippen molar-refractivity contribution in [1.29, 1.82) is 0 Å². The van der Waals surface area contributed by atoms with Gasteiger partial charge in [-0.25, -0.2) is 0 Å². The maximum absolute atomic E-state index is 10.8. The van der Waals surface area contributed by atoms with Crippen LogP contribution in [-0.2, 0) is 6.61 Å². The first-order chi connectivity index (χ1) is 6.17. The first-order valence-electron chi connectivity index (χ1n) is 3.66. The van der Waals surface area contributed by atoms with E-state index in [1.165, 1.54) is 19.2 Å². The highest BCUT2D eigenvalue weighted by Crippen LogP contribution is 2.18. The van der Waals surface area contributed by atoms with E-state index in [2.05, 4.69) is 0 Å². The number of aliphatic hydroxyl groups excluding tert-OH is 1. The van der Waals surface area contributed by atoms with Gasteiger partial charge in [0, 0.05) is 5.56 Å². The fourth-order valence-electron chi connectivity index (χ4n) is 0.983. The van der Waals surface area contributed by atoms with Gasteiger partial charge in [0.15, 0.2) is 0 Å². The number of hydrogen-bond acceptors (Lipinski definition) is 3. The average Bonchev–Trinajstić information content (AvgIpc) is 2.16. The van der Waals surface area contributed by atoms with Gasteiger partial charge in [0.2, 0.25) is 0 Å². The third-order valence-electron chi connectivity index (χ3n) is 1.61. The van der Waals surface area contributed by atoms with Crippen molar-refractivity contribution in [3.63, 3.8) is 0 Å². The van der Waals surface area contributed by atoms with Gasteiger partial charge in [-0.3, -0.25) is 4.79 Å². The van der Waals surface area contributed by atoms with Gasteiger partial charge in [-0.1, -0.05) is 0 Å². The Balaban J connectivity index is 3.14. The van der Waals surface area contributed by atoms with Gasteiger partial charge < -0.3 is 9.84 Å². The summed E-state index contributed by atoms with van der Waals surface area (Å²) in [5.41, 5.74) is 0.924. The number of halogens is 1. The highest BCUT2D eigenvalue weighted by atomic mass is 35.5. The molecule has 0 radical (unpaired) electrons. The van der Waals surface area contributed by atoms with Crippen LogP contribution in [0.1, 0.15) is 15.9 Å². The smallest absolute Gasteiger partial charge is 0.252 e. The monoisotopic (exact) mass is 200 g/mol. The number of methoxy groups -OCH3 is 1. The molecule has 0 heterocycles. The fourth-order valence-corrected chi connectivity index (χ4v) is 1.09. The first kappa shape index (κ1) is 10.0. The summed E-state index contributed by atoms with van der Waals surface area (Å²) in [4.78, 5) is 10.8. The molecule has 1 rings (SSSR count). The lowest BCUT2D eigenvalue weighted by Crippen LogP contribution is -1.94. The molecule has 1 N–H and O–H groups in total. The van der Waals surface area contributed by atoms with E-state index in [0.717, 1.165) is 0 Å². The Morgan fingerprint density at radius 2 is 2.23 bits per heavy atom. The Kier molecular flexibility index (Phi) is 3.28. The summed E-state index contributed by atoms with van der Waals surface area (Å²) in [6, 6.07) is 4.69. The van der Waals surface area contributed by atoms with Crippen molar-refractivity contribution < 1.29 is 14.6 Å². The quantitative estimate of drug-likeness (QED) is 0.754. The molecular formula is C9H9ClO3. The van der Waals surface area contributed by atoms with Crippen molar-refractivity contribution in [2.45, 2.75) is 6.61 Å². The normalized spacial score (nSPS) is 9.77. The van der Waals surface area contributed by atoms with E-state index in [0.29, 0.717) is 16.9 Å². The first-order valence-corrected chi connectivity index (χ1v) is 4.04. The van der Waals surface area contributed by atoms with Crippen LogP contribution in [0.25, 0.3) is 0 Å². The van der Waals surface area contributed by atoms with Crippen molar-refractivity contribution in [3.05, 3.63) is 29.3 Å². The predicted octanol–water partition coefficient (Wildman–Crippen LogP) is 1.57. The van der Waals surface area contributed by atoms with Crippen LogP contribution in [-0.4, -0.2) is 17.5 Å². The van der Waals surface area contributed by atoms with Crippen molar-refractivity contribution in [2.24, 2.45) is 0 Å². The molecule has 3 nitrogen and oxygen atoms in total. The molecule has 0 unspecified atom stereocenters. The Hall–Kier alpha value is -1.06. The molecule has 0 aliphatic carbocycles. The van der Waals surface area contributed by atoms with Crippen molar-refractivity contribution in [3.8, 4) is 5.75 Å². The number of carbonyl (C=O) groups is 1. The van der Waals surface area contributed by atoms with Crippen LogP contribution in [0.4, 0.5) is 0 Å². The van der Waals surface area contributed by atoms with Crippen LogP contribution < -0.4 is 4.74 Å². The van der Waals surface area contributed by atoms with Gasteiger partial charge in [0.05, 0.1) is 13.7 Å². The fraction of sp³-hybridized carbons (Fsp3) is 0.222. The molecule has 0 saturated carbocycles. The van der Waals surface area contributed by atoms with Crippen LogP contribution in [0.2, 0.25) is 0 Å². The maximum atomic E-state index is 10.8. The molecule has 1 aromatic rings. The molecule has 0 spiro atoms. The molecule has 70 valence electrons. The van der Waals surface area contributed by atoms with E-state index in [-0.39, 0.29) is 6.61 Å². The van der Waals surface area contributed by atoms with E-state index in [1.807, 2.05) is 0 Å². The third kappa shape index (κ3) is 2.44. The van der Waals surface area contributed by atoms with Crippen LogP contribution in [0, 0.1) is 0 Å². The van der Waals surface area contributed by atoms with Crippen molar-refractivity contribution >= 4 is 16.8 Å². The summed E-state index contributed by atoms with van der Waals surface area (Å²) in [6.07, 6.45) is 0. The number of benzene rings is 1. The molecule has 0 bridgehead atoms. The number of ether oxygens (including phenoxy) is 1. The summed E-state index contributed by atoms with van der Waals surface area (Å²) < 4.78 is 4.93. The zero-order valence-corrected chi connectivity index (χ0v) is 7.84. The van der Waals surface area contributed by atoms with Crippen molar-refractivity contribution in [2.75, 3.05) is 7.11 Å². The molecule has 0 aromatic heterocycles. The standard InChI is InChI=1S/C9H9ClO3/c1-13-8-3-6(5-11)2-7(4-8)9(10)12/h2-4,11H,5H2,1H3. The van der Waals surface area contributed by atoms with Gasteiger partial charge in [-0.15, -0.1) is 0 Å². The number of rotatable bonds is 3. The average molecular weight is 201 g/mol. The molecule has 0 amide bonds. The second kappa shape index (κ2) is 4.25. The van der Waals surface area contributed by atoms with Crippen molar-refractivity contribution in [1.82, 2.24) is 0 Å². The SMILES string of the molecule is COc1cc(CO)cc(C(=O)Cl)c1. The van der Waals surface area contributed by atoms with Crippen LogP contribution in [0.3, 0.4) is 0 Å². The summed E-state index contributed by atoms with van der Waals surface area (Å²) in [5.74, 6) is 0.510. The minimum atomic E-state index is -0.561. The second-order valence-corrected chi connectivity index (χ2v) is 2.84. The Bertz CT molecular complexity index is 300. The van der Waals surface area contributed by atoms with Crippen LogP contribution in [0.5, 0.6) is 5.75 Å². The minimum absolute atomic E-state index is 0.144. The zero-order valence-electron chi connectivity index (χ0n) is 7.08. The predicted molar refractivity (Wildman–Crippen MR) is 49.1 cm³/mol. The Labute approximate surface area is 80.9 Å². The highest BCUT2D eigenvalue weighted by Gasteiger charge is 2.05. The number of aliphatic hydroxyl groups is 1. The molecule has 0 saturated heterocycles. The van der Waals surface area contributed by atoms with Gasteiger partial charge in [-0.2, -0.15) is 0 Å². The van der Waals surface area contributed by atoms with E-state index >= 15 is 0 Å². The van der Waals surface area contributed by atoms with Gasteiger partial charge in [0.25, 0.3) is 5.24 Å². The summed E-state index contributed by atoms with van der Waals surface area (Å²) in [7, 11) is 1.49. The number of carbonyl (C=O) groups excluding carboxylic acids is 1. The van der Waals surface area contributed by atoms with E-state index < -0.39 is 5.24 Å². The lowest BCUT2D eigenvalue weighted by molar-refractivity contribution is 0.108. The molecular weight excluding hydrogens is 192 g/mol. The largest absolute Gasteiger partial charge is 0.497 e. The molecule has 13 heavy (non-hydrogen) atoms. The third-order valence-corrected chi connectivity index (χ3v) is 1.83. The van der Waals surface area contributed by atoms with Crippen LogP contribution in [0.15, 0.2) is 18.2 Å². The zero-order chi connectivity index (χ0) is 9.84. The van der Waals surface area contributed by atoms with Gasteiger partial charge in [0.1, 0.15) is 5.75 Å². The van der Waals surface area contributed by atoms with Crippen LogP contribution >= 0.6 is 11.6 Å². The maximum Gasteiger partial charge on any atom is 0.252 e. The van der Waals surface area contributed by atoms with E-state index in [1.54, 1.807) is 6.07 Å². The highest BCUT2D eigenvalue weighted by molar-refractivity contribution is 6.67. The molecule has 4 heteroatoms. The molecule has 0 aliphatic rings. The lowest BCUT2D eigenvalue weighted by atomic mass is 10.1. The lowest BCUT2D eigenvalue weighted by Gasteiger charge is -2.04. The Morgan fingerprint density at radius 3 is 2.69 bits per heavy atom. The van der Waals surface area contributed by atoms with E-state index in [9.17, 15) is 4.79 Å².